The smallest absolute Gasteiger partial charge is 0.246 e. The zero-order valence-electron chi connectivity index (χ0n) is 15.6. The Morgan fingerprint density at radius 2 is 2.08 bits per heavy atom. The summed E-state index contributed by atoms with van der Waals surface area (Å²) in [6.45, 7) is 4.97. The molecule has 1 heterocycles. The largest absolute Gasteiger partial charge is 0.493 e. The summed E-state index contributed by atoms with van der Waals surface area (Å²) in [6, 6.07) is 5.23. The van der Waals surface area contributed by atoms with E-state index in [2.05, 4.69) is 0 Å². The average Bonchev–Trinajstić information content (AvgIpc) is 2.98. The van der Waals surface area contributed by atoms with Gasteiger partial charge in [-0.15, -0.1) is 0 Å². The average molecular weight is 381 g/mol. The molecule has 0 N–H and O–H groups in total. The molecule has 1 saturated heterocycles. The highest BCUT2D eigenvalue weighted by molar-refractivity contribution is 7.91. The Bertz CT molecular complexity index is 757. The fraction of sp³-hybridized carbons (Fsp3) is 0.526. The maximum atomic E-state index is 12.6. The van der Waals surface area contributed by atoms with E-state index in [1.165, 1.54) is 6.08 Å². The molecule has 1 aliphatic heterocycles. The minimum atomic E-state index is -3.03. The summed E-state index contributed by atoms with van der Waals surface area (Å²) in [7, 11) is -1.46. The SMILES string of the molecule is CCCN(C(=O)/C=C/c1ccc(OCC)c(OC)c1)C1CCS(=O)(=O)C1. The van der Waals surface area contributed by atoms with E-state index in [1.54, 1.807) is 30.2 Å². The van der Waals surface area contributed by atoms with E-state index >= 15 is 0 Å². The second-order valence-electron chi connectivity index (χ2n) is 6.27. The molecule has 1 aliphatic rings. The third kappa shape index (κ3) is 5.24. The minimum Gasteiger partial charge on any atom is -0.493 e. The van der Waals surface area contributed by atoms with E-state index in [4.69, 9.17) is 9.47 Å². The number of methoxy groups -OCH3 is 1. The maximum Gasteiger partial charge on any atom is 0.246 e. The topological polar surface area (TPSA) is 72.9 Å². The predicted octanol–water partition coefficient (Wildman–Crippen LogP) is 2.53. The lowest BCUT2D eigenvalue weighted by atomic mass is 10.1. The van der Waals surface area contributed by atoms with E-state index in [1.807, 2.05) is 19.9 Å². The van der Waals surface area contributed by atoms with E-state index in [9.17, 15) is 13.2 Å². The number of sulfone groups is 1. The van der Waals surface area contributed by atoms with Crippen molar-refractivity contribution in [1.82, 2.24) is 4.90 Å². The molecule has 2 rings (SSSR count). The Morgan fingerprint density at radius 3 is 2.65 bits per heavy atom. The second-order valence-corrected chi connectivity index (χ2v) is 8.49. The summed E-state index contributed by atoms with van der Waals surface area (Å²) < 4.78 is 34.3. The van der Waals surface area contributed by atoms with Gasteiger partial charge in [0.2, 0.25) is 5.91 Å². The number of nitrogens with zero attached hydrogens (tertiary/aromatic N) is 1. The highest BCUT2D eigenvalue weighted by atomic mass is 32.2. The molecule has 0 bridgehead atoms. The normalized spacial score (nSPS) is 18.8. The number of ether oxygens (including phenoxy) is 2. The zero-order chi connectivity index (χ0) is 19.2. The number of carbonyl (C=O) groups excluding carboxylic acids is 1. The minimum absolute atomic E-state index is 0.0590. The van der Waals surface area contributed by atoms with Crippen molar-refractivity contribution >= 4 is 21.8 Å². The van der Waals surface area contributed by atoms with Crippen molar-refractivity contribution in [2.45, 2.75) is 32.7 Å². The summed E-state index contributed by atoms with van der Waals surface area (Å²) in [4.78, 5) is 14.3. The summed E-state index contributed by atoms with van der Waals surface area (Å²) in [5.74, 6) is 1.31. The van der Waals surface area contributed by atoms with Crippen LogP contribution < -0.4 is 9.47 Å². The van der Waals surface area contributed by atoms with Gasteiger partial charge in [-0.05, 0) is 43.5 Å². The van der Waals surface area contributed by atoms with Gasteiger partial charge >= 0.3 is 0 Å². The fourth-order valence-electron chi connectivity index (χ4n) is 3.06. The third-order valence-electron chi connectivity index (χ3n) is 4.30. The number of hydrogen-bond donors (Lipinski definition) is 0. The Hall–Kier alpha value is -2.02. The molecule has 0 aromatic heterocycles. The second kappa shape index (κ2) is 9.07. The number of rotatable bonds is 8. The molecule has 1 atom stereocenters. The molecule has 6 nitrogen and oxygen atoms in total. The van der Waals surface area contributed by atoms with Crippen LogP contribution in [-0.4, -0.2) is 57.0 Å². The third-order valence-corrected chi connectivity index (χ3v) is 6.05. The number of benzene rings is 1. The lowest BCUT2D eigenvalue weighted by Gasteiger charge is -2.26. The van der Waals surface area contributed by atoms with Crippen LogP contribution in [0.3, 0.4) is 0 Å². The van der Waals surface area contributed by atoms with Crippen LogP contribution in [0.5, 0.6) is 11.5 Å². The summed E-state index contributed by atoms with van der Waals surface area (Å²) in [5.41, 5.74) is 0.814. The van der Waals surface area contributed by atoms with E-state index in [0.29, 0.717) is 31.1 Å². The lowest BCUT2D eigenvalue weighted by molar-refractivity contribution is -0.127. The quantitative estimate of drug-likeness (QED) is 0.647. The van der Waals surface area contributed by atoms with Crippen molar-refractivity contribution in [1.29, 1.82) is 0 Å². The van der Waals surface area contributed by atoms with Crippen molar-refractivity contribution < 1.29 is 22.7 Å². The van der Waals surface area contributed by atoms with Gasteiger partial charge in [-0.1, -0.05) is 13.0 Å². The molecular formula is C19H27NO5S. The van der Waals surface area contributed by atoms with Gasteiger partial charge < -0.3 is 14.4 Å². The molecule has 0 aliphatic carbocycles. The summed E-state index contributed by atoms with van der Waals surface area (Å²) >= 11 is 0. The van der Waals surface area contributed by atoms with Crippen LogP contribution in [0.25, 0.3) is 6.08 Å². The first kappa shape index (κ1) is 20.3. The predicted molar refractivity (Wildman–Crippen MR) is 102 cm³/mol. The summed E-state index contributed by atoms with van der Waals surface area (Å²) in [6.07, 6.45) is 4.51. The number of amides is 1. The number of carbonyl (C=O) groups is 1. The first-order valence-electron chi connectivity index (χ1n) is 8.90. The molecule has 1 amide bonds. The van der Waals surface area contributed by atoms with Gasteiger partial charge in [0.25, 0.3) is 0 Å². The summed E-state index contributed by atoms with van der Waals surface area (Å²) in [5, 5.41) is 0. The highest BCUT2D eigenvalue weighted by Crippen LogP contribution is 2.28. The molecule has 26 heavy (non-hydrogen) atoms. The van der Waals surface area contributed by atoms with Crippen molar-refractivity contribution in [3.05, 3.63) is 29.8 Å². The molecule has 0 saturated carbocycles. The first-order valence-corrected chi connectivity index (χ1v) is 10.7. The van der Waals surface area contributed by atoms with Gasteiger partial charge in [0.15, 0.2) is 21.3 Å². The van der Waals surface area contributed by atoms with Crippen LogP contribution in [0.2, 0.25) is 0 Å². The van der Waals surface area contributed by atoms with E-state index < -0.39 is 9.84 Å². The van der Waals surface area contributed by atoms with Crippen LogP contribution in [0.4, 0.5) is 0 Å². The van der Waals surface area contributed by atoms with Gasteiger partial charge in [0.1, 0.15) is 0 Å². The van der Waals surface area contributed by atoms with Gasteiger partial charge in [-0.25, -0.2) is 8.42 Å². The van der Waals surface area contributed by atoms with Crippen molar-refractivity contribution in [3.63, 3.8) is 0 Å². The Kier molecular flexibility index (Phi) is 7.08. The van der Waals surface area contributed by atoms with Crippen LogP contribution in [0.1, 0.15) is 32.3 Å². The van der Waals surface area contributed by atoms with Crippen molar-refractivity contribution in [3.8, 4) is 11.5 Å². The van der Waals surface area contributed by atoms with Crippen LogP contribution in [0.15, 0.2) is 24.3 Å². The van der Waals surface area contributed by atoms with E-state index in [0.717, 1.165) is 12.0 Å². The van der Waals surface area contributed by atoms with E-state index in [-0.39, 0.29) is 23.5 Å². The zero-order valence-corrected chi connectivity index (χ0v) is 16.4. The Balaban J connectivity index is 2.13. The van der Waals surface area contributed by atoms with Crippen LogP contribution >= 0.6 is 0 Å². The first-order chi connectivity index (χ1) is 12.4. The van der Waals surface area contributed by atoms with Gasteiger partial charge in [-0.3, -0.25) is 4.79 Å². The molecule has 1 aromatic rings. The Morgan fingerprint density at radius 1 is 1.31 bits per heavy atom. The maximum absolute atomic E-state index is 12.6. The standard InChI is InChI=1S/C19H27NO5S/c1-4-11-20(16-10-12-26(22,23)14-16)19(21)9-7-15-6-8-17(25-5-2)18(13-15)24-3/h6-9,13,16H,4-5,10-12,14H2,1-3H3/b9-7+. The molecule has 0 spiro atoms. The van der Waals surface area contributed by atoms with Gasteiger partial charge in [0, 0.05) is 18.7 Å². The molecule has 1 fully saturated rings. The molecule has 0 radical (unpaired) electrons. The molecule has 1 unspecified atom stereocenters. The Labute approximate surface area is 155 Å². The number of hydrogen-bond acceptors (Lipinski definition) is 5. The van der Waals surface area contributed by atoms with Gasteiger partial charge in [-0.2, -0.15) is 0 Å². The molecular weight excluding hydrogens is 354 g/mol. The van der Waals surface area contributed by atoms with Gasteiger partial charge in [0.05, 0.1) is 25.2 Å². The lowest BCUT2D eigenvalue weighted by Crippen LogP contribution is -2.40. The van der Waals surface area contributed by atoms with Crippen molar-refractivity contribution in [2.75, 3.05) is 31.8 Å². The van der Waals surface area contributed by atoms with Crippen LogP contribution in [0, 0.1) is 0 Å². The molecule has 7 heteroatoms. The molecule has 1 aromatic carbocycles. The fourth-order valence-corrected chi connectivity index (χ4v) is 4.79. The highest BCUT2D eigenvalue weighted by Gasteiger charge is 2.33. The monoisotopic (exact) mass is 381 g/mol. The van der Waals surface area contributed by atoms with Crippen LogP contribution in [-0.2, 0) is 14.6 Å². The molecule has 144 valence electrons. The van der Waals surface area contributed by atoms with Crippen molar-refractivity contribution in [2.24, 2.45) is 0 Å².